The Morgan fingerprint density at radius 1 is 1.16 bits per heavy atom. The fourth-order valence-electron chi connectivity index (χ4n) is 4.13. The molecule has 7 nitrogen and oxygen atoms in total. The molecule has 0 atom stereocenters. The first kappa shape index (κ1) is 16.3. The molecule has 25 heavy (non-hydrogen) atoms. The van der Waals surface area contributed by atoms with E-state index in [0.717, 1.165) is 56.8 Å². The Morgan fingerprint density at radius 2 is 1.88 bits per heavy atom. The second-order valence-electron chi connectivity index (χ2n) is 7.33. The van der Waals surface area contributed by atoms with Gasteiger partial charge < -0.3 is 16.2 Å². The normalized spacial score (nSPS) is 24.7. The van der Waals surface area contributed by atoms with Crippen molar-refractivity contribution in [1.29, 1.82) is 0 Å². The summed E-state index contributed by atoms with van der Waals surface area (Å²) in [4.78, 5) is 21.6. The zero-order valence-electron chi connectivity index (χ0n) is 14.3. The van der Waals surface area contributed by atoms with Gasteiger partial charge in [0.05, 0.1) is 11.5 Å². The molecule has 7 heteroatoms. The van der Waals surface area contributed by atoms with Crippen LogP contribution in [-0.2, 0) is 0 Å². The van der Waals surface area contributed by atoms with Crippen LogP contribution in [-0.4, -0.2) is 31.8 Å². The predicted molar refractivity (Wildman–Crippen MR) is 97.6 cm³/mol. The minimum Gasteiger partial charge on any atom is -0.398 e. The zero-order chi connectivity index (χ0) is 17.4. The van der Waals surface area contributed by atoms with Crippen molar-refractivity contribution in [2.75, 3.05) is 11.1 Å². The molecule has 0 aliphatic heterocycles. The van der Waals surface area contributed by atoms with Crippen molar-refractivity contribution in [2.45, 2.75) is 69.6 Å². The lowest BCUT2D eigenvalue weighted by molar-refractivity contribution is 0.126. The number of nitrogen functional groups attached to an aromatic ring is 1. The van der Waals surface area contributed by atoms with Gasteiger partial charge in [0, 0.05) is 30.0 Å². The number of nitrogens with one attached hydrogen (secondary N) is 1. The van der Waals surface area contributed by atoms with Crippen LogP contribution in [0.3, 0.4) is 0 Å². The van der Waals surface area contributed by atoms with Gasteiger partial charge in [0.25, 0.3) is 5.56 Å². The van der Waals surface area contributed by atoms with Gasteiger partial charge in [-0.05, 0) is 38.5 Å². The molecule has 0 aromatic carbocycles. The van der Waals surface area contributed by atoms with Gasteiger partial charge in [-0.2, -0.15) is 4.98 Å². The summed E-state index contributed by atoms with van der Waals surface area (Å²) in [5.41, 5.74) is 7.01. The molecule has 134 valence electrons. The summed E-state index contributed by atoms with van der Waals surface area (Å²) < 4.78 is 1.80. The van der Waals surface area contributed by atoms with Crippen LogP contribution in [0.1, 0.15) is 57.4 Å². The molecule has 4 N–H and O–H groups in total. The molecule has 0 amide bonds. The van der Waals surface area contributed by atoms with E-state index in [0.29, 0.717) is 17.3 Å². The summed E-state index contributed by atoms with van der Waals surface area (Å²) in [6, 6.07) is 1.94. The van der Waals surface area contributed by atoms with E-state index >= 15 is 0 Å². The maximum absolute atomic E-state index is 12.6. The van der Waals surface area contributed by atoms with E-state index < -0.39 is 0 Å². The summed E-state index contributed by atoms with van der Waals surface area (Å²) in [7, 11) is 0. The molecular weight excluding hydrogens is 318 g/mol. The first-order valence-corrected chi connectivity index (χ1v) is 9.24. The van der Waals surface area contributed by atoms with Crippen molar-refractivity contribution in [1.82, 2.24) is 14.5 Å². The van der Waals surface area contributed by atoms with E-state index in [2.05, 4.69) is 15.3 Å². The second kappa shape index (κ2) is 6.63. The van der Waals surface area contributed by atoms with E-state index in [9.17, 15) is 9.90 Å². The number of aliphatic hydroxyl groups is 1. The van der Waals surface area contributed by atoms with Gasteiger partial charge in [-0.15, -0.1) is 0 Å². The first-order valence-electron chi connectivity index (χ1n) is 9.24. The monoisotopic (exact) mass is 343 g/mol. The molecule has 2 aliphatic rings. The Hall–Kier alpha value is -2.15. The van der Waals surface area contributed by atoms with E-state index in [4.69, 9.17) is 5.73 Å². The highest BCUT2D eigenvalue weighted by Crippen LogP contribution is 2.31. The average Bonchev–Trinajstić information content (AvgIpc) is 3.11. The van der Waals surface area contributed by atoms with Gasteiger partial charge in [0.1, 0.15) is 0 Å². The standard InChI is InChI=1S/C18H25N5O2/c19-15-9-16(25)23(12-3-1-2-4-12)17-14(15)10-20-18(22-17)21-11-5-7-13(24)8-6-11/h9-13,24H,1-8,19H2,(H,20,21,22)/t11-,13-. The predicted octanol–water partition coefficient (Wildman–Crippen LogP) is 2.20. The van der Waals surface area contributed by atoms with Crippen LogP contribution in [0.15, 0.2) is 17.1 Å². The van der Waals surface area contributed by atoms with Crippen molar-refractivity contribution in [3.63, 3.8) is 0 Å². The van der Waals surface area contributed by atoms with E-state index in [1.807, 2.05) is 0 Å². The molecule has 2 heterocycles. The average molecular weight is 343 g/mol. The van der Waals surface area contributed by atoms with Gasteiger partial charge in [-0.1, -0.05) is 12.8 Å². The third-order valence-electron chi connectivity index (χ3n) is 5.54. The van der Waals surface area contributed by atoms with Gasteiger partial charge in [0.2, 0.25) is 5.95 Å². The minimum absolute atomic E-state index is 0.0812. The molecule has 0 spiro atoms. The molecule has 4 rings (SSSR count). The Kier molecular flexibility index (Phi) is 4.33. The SMILES string of the molecule is Nc1cc(=O)n(C2CCCC2)c2nc(N[C@H]3CC[C@H](O)CC3)ncc12. The number of hydrogen-bond donors (Lipinski definition) is 3. The van der Waals surface area contributed by atoms with Gasteiger partial charge in [-0.3, -0.25) is 9.36 Å². The van der Waals surface area contributed by atoms with Crippen LogP contribution in [0, 0.1) is 0 Å². The van der Waals surface area contributed by atoms with Crippen LogP contribution >= 0.6 is 0 Å². The fourth-order valence-corrected chi connectivity index (χ4v) is 4.13. The highest BCUT2D eigenvalue weighted by atomic mass is 16.3. The summed E-state index contributed by atoms with van der Waals surface area (Å²) in [5.74, 6) is 0.533. The van der Waals surface area contributed by atoms with Gasteiger partial charge >= 0.3 is 0 Å². The molecule has 0 saturated heterocycles. The fraction of sp³-hybridized carbons (Fsp3) is 0.611. The molecule has 2 fully saturated rings. The number of aliphatic hydroxyl groups excluding tert-OH is 1. The van der Waals surface area contributed by atoms with Crippen LogP contribution in [0.4, 0.5) is 11.6 Å². The van der Waals surface area contributed by atoms with E-state index in [1.54, 1.807) is 10.8 Å². The van der Waals surface area contributed by atoms with Crippen molar-refractivity contribution >= 4 is 22.7 Å². The number of pyridine rings is 1. The summed E-state index contributed by atoms with van der Waals surface area (Å²) in [6.45, 7) is 0. The summed E-state index contributed by atoms with van der Waals surface area (Å²) in [6.07, 6.45) is 9.20. The van der Waals surface area contributed by atoms with Crippen molar-refractivity contribution < 1.29 is 5.11 Å². The van der Waals surface area contributed by atoms with Crippen molar-refractivity contribution in [3.05, 3.63) is 22.6 Å². The van der Waals surface area contributed by atoms with E-state index in [1.165, 1.54) is 6.07 Å². The zero-order valence-corrected chi connectivity index (χ0v) is 14.3. The quantitative estimate of drug-likeness (QED) is 0.789. The van der Waals surface area contributed by atoms with Gasteiger partial charge in [-0.25, -0.2) is 4.98 Å². The number of hydrogen-bond acceptors (Lipinski definition) is 6. The molecule has 2 aliphatic carbocycles. The number of fused-ring (bicyclic) bond motifs is 1. The molecule has 0 radical (unpaired) electrons. The van der Waals surface area contributed by atoms with Crippen molar-refractivity contribution in [2.24, 2.45) is 0 Å². The smallest absolute Gasteiger partial charge is 0.254 e. The van der Waals surface area contributed by atoms with E-state index in [-0.39, 0.29) is 23.7 Å². The largest absolute Gasteiger partial charge is 0.398 e. The lowest BCUT2D eigenvalue weighted by Crippen LogP contribution is -2.29. The Balaban J connectivity index is 1.70. The van der Waals surface area contributed by atoms with Crippen LogP contribution < -0.4 is 16.6 Å². The summed E-state index contributed by atoms with van der Waals surface area (Å²) in [5, 5.41) is 13.7. The van der Waals surface area contributed by atoms with Gasteiger partial charge in [0.15, 0.2) is 5.65 Å². The lowest BCUT2D eigenvalue weighted by atomic mass is 9.93. The maximum atomic E-state index is 12.6. The topological polar surface area (TPSA) is 106 Å². The molecule has 0 bridgehead atoms. The molecular formula is C18H25N5O2. The molecule has 2 saturated carbocycles. The third kappa shape index (κ3) is 3.20. The number of nitrogens with zero attached hydrogens (tertiary/aromatic N) is 3. The minimum atomic E-state index is -0.192. The molecule has 0 unspecified atom stereocenters. The number of nitrogens with two attached hydrogens (primary N) is 1. The molecule has 2 aromatic heterocycles. The highest BCUT2D eigenvalue weighted by molar-refractivity contribution is 5.87. The third-order valence-corrected chi connectivity index (χ3v) is 5.54. The van der Waals surface area contributed by atoms with Crippen LogP contribution in [0.2, 0.25) is 0 Å². The summed E-state index contributed by atoms with van der Waals surface area (Å²) >= 11 is 0. The van der Waals surface area contributed by atoms with Crippen molar-refractivity contribution in [3.8, 4) is 0 Å². The number of aromatic nitrogens is 3. The highest BCUT2D eigenvalue weighted by Gasteiger charge is 2.23. The van der Waals surface area contributed by atoms with Crippen LogP contribution in [0.5, 0.6) is 0 Å². The first-order chi connectivity index (χ1) is 12.1. The Morgan fingerprint density at radius 3 is 2.60 bits per heavy atom. The Labute approximate surface area is 146 Å². The molecule has 2 aromatic rings. The Bertz CT molecular complexity index is 820. The second-order valence-corrected chi connectivity index (χ2v) is 7.33. The van der Waals surface area contributed by atoms with Crippen LogP contribution in [0.25, 0.3) is 11.0 Å². The lowest BCUT2D eigenvalue weighted by Gasteiger charge is -2.26. The number of anilines is 2. The maximum Gasteiger partial charge on any atom is 0.254 e. The number of rotatable bonds is 3.